The lowest BCUT2D eigenvalue weighted by Gasteiger charge is -2.35. The third-order valence-electron chi connectivity index (χ3n) is 5.03. The van der Waals surface area contributed by atoms with Crippen molar-refractivity contribution >= 4 is 11.8 Å². The van der Waals surface area contributed by atoms with Gasteiger partial charge < -0.3 is 9.80 Å². The van der Waals surface area contributed by atoms with E-state index in [1.807, 2.05) is 12.3 Å². The molecule has 2 aliphatic heterocycles. The van der Waals surface area contributed by atoms with Crippen LogP contribution in [0.2, 0.25) is 0 Å². The Morgan fingerprint density at radius 1 is 0.920 bits per heavy atom. The van der Waals surface area contributed by atoms with Gasteiger partial charge in [-0.15, -0.1) is 0 Å². The summed E-state index contributed by atoms with van der Waals surface area (Å²) in [6.45, 7) is 9.25. The van der Waals surface area contributed by atoms with Gasteiger partial charge in [-0.25, -0.2) is 4.98 Å². The summed E-state index contributed by atoms with van der Waals surface area (Å²) in [5.41, 5.74) is 2.20. The van der Waals surface area contributed by atoms with Gasteiger partial charge in [-0.05, 0) is 31.9 Å². The van der Waals surface area contributed by atoms with Crippen molar-refractivity contribution in [3.8, 4) is 0 Å². The molecule has 0 aliphatic carbocycles. The number of hydrogen-bond donors (Lipinski definition) is 0. The van der Waals surface area contributed by atoms with Crippen LogP contribution >= 0.6 is 0 Å². The standard InChI is InChI=1S/C19H26N6/c1-16-14-18(22-19(21-16)25-8-4-5-9-25)24-12-10-23(11-13-24)15-17-6-2-3-7-20-17/h2-3,6-7,14H,4-5,8-13,15H2,1H3. The van der Waals surface area contributed by atoms with Crippen molar-refractivity contribution in [2.24, 2.45) is 0 Å². The van der Waals surface area contributed by atoms with Gasteiger partial charge in [-0.3, -0.25) is 9.88 Å². The Kier molecular flexibility index (Phi) is 4.78. The summed E-state index contributed by atoms with van der Waals surface area (Å²) in [4.78, 5) is 21.1. The van der Waals surface area contributed by atoms with E-state index >= 15 is 0 Å². The summed E-state index contributed by atoms with van der Waals surface area (Å²) in [5, 5.41) is 0. The van der Waals surface area contributed by atoms with Crippen LogP contribution in [0.15, 0.2) is 30.5 Å². The van der Waals surface area contributed by atoms with Gasteiger partial charge in [0.25, 0.3) is 0 Å². The Bertz CT molecular complexity index is 690. The number of aryl methyl sites for hydroxylation is 1. The van der Waals surface area contributed by atoms with Crippen molar-refractivity contribution in [2.45, 2.75) is 26.3 Å². The summed E-state index contributed by atoms with van der Waals surface area (Å²) in [6.07, 6.45) is 4.37. The second-order valence-electron chi connectivity index (χ2n) is 6.95. The molecule has 0 atom stereocenters. The molecule has 0 unspecified atom stereocenters. The molecular formula is C19H26N6. The fraction of sp³-hybridized carbons (Fsp3) is 0.526. The van der Waals surface area contributed by atoms with Gasteiger partial charge >= 0.3 is 0 Å². The molecule has 4 heterocycles. The molecule has 2 aromatic rings. The molecule has 0 radical (unpaired) electrons. The van der Waals surface area contributed by atoms with Crippen molar-refractivity contribution in [3.63, 3.8) is 0 Å². The van der Waals surface area contributed by atoms with Crippen LogP contribution < -0.4 is 9.80 Å². The van der Waals surface area contributed by atoms with E-state index in [0.717, 1.165) is 69.0 Å². The van der Waals surface area contributed by atoms with Crippen LogP contribution in [0.5, 0.6) is 0 Å². The minimum absolute atomic E-state index is 0.906. The molecule has 0 aromatic carbocycles. The van der Waals surface area contributed by atoms with Crippen LogP contribution in [-0.2, 0) is 6.54 Å². The van der Waals surface area contributed by atoms with E-state index < -0.39 is 0 Å². The minimum atomic E-state index is 0.906. The third kappa shape index (κ3) is 3.90. The van der Waals surface area contributed by atoms with Gasteiger partial charge in [-0.2, -0.15) is 4.98 Å². The van der Waals surface area contributed by atoms with Crippen molar-refractivity contribution < 1.29 is 0 Å². The average Bonchev–Trinajstić information content (AvgIpc) is 3.17. The number of rotatable bonds is 4. The van der Waals surface area contributed by atoms with Crippen molar-refractivity contribution in [1.29, 1.82) is 0 Å². The molecule has 2 aliphatic rings. The van der Waals surface area contributed by atoms with Crippen LogP contribution in [0.25, 0.3) is 0 Å². The molecule has 0 spiro atoms. The monoisotopic (exact) mass is 338 g/mol. The van der Waals surface area contributed by atoms with E-state index in [2.05, 4.69) is 49.8 Å². The Morgan fingerprint density at radius 2 is 1.72 bits per heavy atom. The predicted octanol–water partition coefficient (Wildman–Crippen LogP) is 2.10. The van der Waals surface area contributed by atoms with Crippen LogP contribution in [0.3, 0.4) is 0 Å². The molecule has 0 amide bonds. The Labute approximate surface area is 149 Å². The normalized spacial score (nSPS) is 18.8. The van der Waals surface area contributed by atoms with Crippen molar-refractivity contribution in [2.75, 3.05) is 49.1 Å². The zero-order valence-electron chi connectivity index (χ0n) is 14.9. The summed E-state index contributed by atoms with van der Waals surface area (Å²) >= 11 is 0. The van der Waals surface area contributed by atoms with Gasteiger partial charge in [0.05, 0.1) is 5.69 Å². The number of piperazine rings is 1. The number of nitrogens with zero attached hydrogens (tertiary/aromatic N) is 6. The lowest BCUT2D eigenvalue weighted by atomic mass is 10.2. The lowest BCUT2D eigenvalue weighted by Crippen LogP contribution is -2.46. The summed E-state index contributed by atoms with van der Waals surface area (Å²) in [5.74, 6) is 1.98. The number of aromatic nitrogens is 3. The first-order valence-corrected chi connectivity index (χ1v) is 9.26. The summed E-state index contributed by atoms with van der Waals surface area (Å²) in [7, 11) is 0. The molecule has 132 valence electrons. The van der Waals surface area contributed by atoms with E-state index in [1.54, 1.807) is 0 Å². The first kappa shape index (κ1) is 16.3. The Morgan fingerprint density at radius 3 is 2.44 bits per heavy atom. The molecule has 25 heavy (non-hydrogen) atoms. The summed E-state index contributed by atoms with van der Waals surface area (Å²) in [6, 6.07) is 8.25. The van der Waals surface area contributed by atoms with Gasteiger partial charge in [0.1, 0.15) is 5.82 Å². The fourth-order valence-electron chi connectivity index (χ4n) is 3.61. The fourth-order valence-corrected chi connectivity index (χ4v) is 3.61. The lowest BCUT2D eigenvalue weighted by molar-refractivity contribution is 0.246. The number of pyridine rings is 1. The highest BCUT2D eigenvalue weighted by atomic mass is 15.3. The van der Waals surface area contributed by atoms with Crippen LogP contribution in [0, 0.1) is 6.92 Å². The highest BCUT2D eigenvalue weighted by molar-refractivity contribution is 5.46. The quantitative estimate of drug-likeness (QED) is 0.851. The molecule has 2 aromatic heterocycles. The maximum atomic E-state index is 4.86. The van der Waals surface area contributed by atoms with E-state index in [-0.39, 0.29) is 0 Å². The van der Waals surface area contributed by atoms with E-state index in [9.17, 15) is 0 Å². The van der Waals surface area contributed by atoms with E-state index in [1.165, 1.54) is 12.8 Å². The second-order valence-corrected chi connectivity index (χ2v) is 6.95. The zero-order chi connectivity index (χ0) is 17.1. The van der Waals surface area contributed by atoms with Gasteiger partial charge in [0.15, 0.2) is 0 Å². The molecule has 6 nitrogen and oxygen atoms in total. The largest absolute Gasteiger partial charge is 0.354 e. The topological polar surface area (TPSA) is 48.4 Å². The summed E-state index contributed by atoms with van der Waals surface area (Å²) < 4.78 is 0. The molecule has 0 saturated carbocycles. The van der Waals surface area contributed by atoms with Crippen molar-refractivity contribution in [1.82, 2.24) is 19.9 Å². The van der Waals surface area contributed by atoms with Crippen LogP contribution in [0.1, 0.15) is 24.2 Å². The minimum Gasteiger partial charge on any atom is -0.354 e. The van der Waals surface area contributed by atoms with Gasteiger partial charge in [0.2, 0.25) is 5.95 Å². The first-order chi connectivity index (χ1) is 12.3. The molecule has 6 heteroatoms. The van der Waals surface area contributed by atoms with Crippen LogP contribution in [-0.4, -0.2) is 59.1 Å². The molecule has 2 fully saturated rings. The zero-order valence-corrected chi connectivity index (χ0v) is 14.9. The first-order valence-electron chi connectivity index (χ1n) is 9.26. The molecule has 2 saturated heterocycles. The Hall–Kier alpha value is -2.21. The maximum Gasteiger partial charge on any atom is 0.227 e. The number of anilines is 2. The number of hydrogen-bond acceptors (Lipinski definition) is 6. The average molecular weight is 338 g/mol. The second kappa shape index (κ2) is 7.35. The van der Waals surface area contributed by atoms with Gasteiger partial charge in [-0.1, -0.05) is 6.07 Å². The highest BCUT2D eigenvalue weighted by Gasteiger charge is 2.21. The highest BCUT2D eigenvalue weighted by Crippen LogP contribution is 2.22. The van der Waals surface area contributed by atoms with Gasteiger partial charge in [0, 0.05) is 63.8 Å². The van der Waals surface area contributed by atoms with Crippen molar-refractivity contribution in [3.05, 3.63) is 41.9 Å². The molecule has 0 N–H and O–H groups in total. The third-order valence-corrected chi connectivity index (χ3v) is 5.03. The predicted molar refractivity (Wildman–Crippen MR) is 99.9 cm³/mol. The molecule has 4 rings (SSSR count). The van der Waals surface area contributed by atoms with E-state index in [0.29, 0.717) is 0 Å². The van der Waals surface area contributed by atoms with E-state index in [4.69, 9.17) is 4.98 Å². The molecular weight excluding hydrogens is 312 g/mol. The van der Waals surface area contributed by atoms with Crippen LogP contribution in [0.4, 0.5) is 11.8 Å². The SMILES string of the molecule is Cc1cc(N2CCN(Cc3ccccn3)CC2)nc(N2CCCC2)n1. The molecule has 0 bridgehead atoms. The maximum absolute atomic E-state index is 4.86. The Balaban J connectivity index is 1.40. The smallest absolute Gasteiger partial charge is 0.227 e.